The molecule has 2 aromatic rings. The summed E-state index contributed by atoms with van der Waals surface area (Å²) in [5.41, 5.74) is 0.834. The molecule has 2 rings (SSSR count). The highest BCUT2D eigenvalue weighted by Crippen LogP contribution is 2.31. The van der Waals surface area contributed by atoms with E-state index >= 15 is 0 Å². The molecule has 1 aromatic heterocycles. The maximum atomic E-state index is 10.9. The van der Waals surface area contributed by atoms with Gasteiger partial charge in [0.05, 0.1) is 11.0 Å². The molecule has 6 nitrogen and oxygen atoms in total. The van der Waals surface area contributed by atoms with E-state index in [-0.39, 0.29) is 11.7 Å². The number of nitrogens with one attached hydrogen (secondary N) is 1. The molecule has 0 aliphatic heterocycles. The minimum Gasteiger partial charge on any atom is -0.438 e. The van der Waals surface area contributed by atoms with Crippen LogP contribution in [-0.2, 0) is 0 Å². The van der Waals surface area contributed by atoms with E-state index in [4.69, 9.17) is 4.74 Å². The molecule has 0 fully saturated rings. The summed E-state index contributed by atoms with van der Waals surface area (Å²) in [6, 6.07) is 8.22. The van der Waals surface area contributed by atoms with Crippen LogP contribution in [0.3, 0.4) is 0 Å². The maximum absolute atomic E-state index is 10.9. The van der Waals surface area contributed by atoms with Gasteiger partial charge in [-0.2, -0.15) is 0 Å². The molecule has 7 heteroatoms. The molecule has 1 atom stereocenters. The summed E-state index contributed by atoms with van der Waals surface area (Å²) in [4.78, 5) is 14.6. The number of pyridine rings is 1. The van der Waals surface area contributed by atoms with Crippen LogP contribution in [0.1, 0.15) is 18.5 Å². The van der Waals surface area contributed by atoms with Crippen LogP contribution in [0.4, 0.5) is 5.69 Å². The number of benzene rings is 1. The van der Waals surface area contributed by atoms with E-state index in [1.165, 1.54) is 12.1 Å². The topological polar surface area (TPSA) is 77.3 Å². The second kappa shape index (κ2) is 6.64. The van der Waals surface area contributed by atoms with Crippen molar-refractivity contribution >= 4 is 21.6 Å². The Hall–Kier alpha value is -1.99. The Morgan fingerprint density at radius 2 is 2.19 bits per heavy atom. The molecule has 0 aliphatic rings. The highest BCUT2D eigenvalue weighted by atomic mass is 79.9. The van der Waals surface area contributed by atoms with Crippen molar-refractivity contribution in [1.29, 1.82) is 0 Å². The third kappa shape index (κ3) is 3.77. The van der Waals surface area contributed by atoms with Gasteiger partial charge in [-0.3, -0.25) is 10.1 Å². The van der Waals surface area contributed by atoms with Gasteiger partial charge in [-0.1, -0.05) is 22.0 Å². The summed E-state index contributed by atoms with van der Waals surface area (Å²) in [6.07, 6.45) is 1.62. The SMILES string of the molecule is CNC(C)c1cccnc1Oc1cc(Br)cc([N+](=O)[O-])c1. The van der Waals surface area contributed by atoms with Crippen molar-refractivity contribution in [1.82, 2.24) is 10.3 Å². The van der Waals surface area contributed by atoms with Gasteiger partial charge in [0.1, 0.15) is 5.75 Å². The molecule has 0 amide bonds. The molecule has 0 radical (unpaired) electrons. The predicted molar refractivity (Wildman–Crippen MR) is 82.6 cm³/mol. The lowest BCUT2D eigenvalue weighted by Crippen LogP contribution is -2.13. The maximum Gasteiger partial charge on any atom is 0.274 e. The fraction of sp³-hybridized carbons (Fsp3) is 0.214. The number of nitro benzene ring substituents is 1. The van der Waals surface area contributed by atoms with Crippen molar-refractivity contribution in [3.63, 3.8) is 0 Å². The van der Waals surface area contributed by atoms with E-state index in [1.54, 1.807) is 12.3 Å². The molecular weight excluding hydrogens is 338 g/mol. The molecule has 1 aromatic carbocycles. The zero-order chi connectivity index (χ0) is 15.4. The number of nitro groups is 1. The van der Waals surface area contributed by atoms with Crippen LogP contribution in [0.15, 0.2) is 41.0 Å². The van der Waals surface area contributed by atoms with E-state index in [1.807, 2.05) is 26.1 Å². The zero-order valence-electron chi connectivity index (χ0n) is 11.5. The summed E-state index contributed by atoms with van der Waals surface area (Å²) in [5, 5.41) is 14.0. The summed E-state index contributed by atoms with van der Waals surface area (Å²) < 4.78 is 6.29. The number of ether oxygens (including phenoxy) is 1. The van der Waals surface area contributed by atoms with Crippen molar-refractivity contribution in [3.05, 3.63) is 56.7 Å². The molecule has 0 aliphatic carbocycles. The summed E-state index contributed by atoms with van der Waals surface area (Å²) in [7, 11) is 1.84. The summed E-state index contributed by atoms with van der Waals surface area (Å²) in [5.74, 6) is 0.783. The number of non-ortho nitro benzene ring substituents is 1. The first-order chi connectivity index (χ1) is 10.0. The molecular formula is C14H14BrN3O3. The molecule has 0 bridgehead atoms. The molecule has 1 unspecified atom stereocenters. The second-order valence-electron chi connectivity index (χ2n) is 4.41. The van der Waals surface area contributed by atoms with Gasteiger partial charge in [-0.15, -0.1) is 0 Å². The van der Waals surface area contributed by atoms with Gasteiger partial charge in [0, 0.05) is 28.3 Å². The lowest BCUT2D eigenvalue weighted by Gasteiger charge is -2.15. The number of rotatable bonds is 5. The largest absolute Gasteiger partial charge is 0.438 e. The van der Waals surface area contributed by atoms with Crippen LogP contribution in [0.2, 0.25) is 0 Å². The number of hydrogen-bond donors (Lipinski definition) is 1. The third-order valence-corrected chi connectivity index (χ3v) is 3.44. The van der Waals surface area contributed by atoms with Gasteiger partial charge in [-0.05, 0) is 26.1 Å². The minimum absolute atomic E-state index is 0.0430. The van der Waals surface area contributed by atoms with E-state index in [0.717, 1.165) is 5.56 Å². The lowest BCUT2D eigenvalue weighted by atomic mass is 10.1. The highest BCUT2D eigenvalue weighted by Gasteiger charge is 2.14. The summed E-state index contributed by atoms with van der Waals surface area (Å²) in [6.45, 7) is 1.98. The average molecular weight is 352 g/mol. The Morgan fingerprint density at radius 3 is 2.86 bits per heavy atom. The number of hydrogen-bond acceptors (Lipinski definition) is 5. The van der Waals surface area contributed by atoms with E-state index in [9.17, 15) is 10.1 Å². The van der Waals surface area contributed by atoms with Crippen molar-refractivity contribution in [3.8, 4) is 11.6 Å². The Morgan fingerprint density at radius 1 is 1.43 bits per heavy atom. The lowest BCUT2D eigenvalue weighted by molar-refractivity contribution is -0.385. The Labute approximate surface area is 130 Å². The Kier molecular flexibility index (Phi) is 4.87. The predicted octanol–water partition coefficient (Wildman–Crippen LogP) is 3.83. The molecule has 0 spiro atoms. The smallest absolute Gasteiger partial charge is 0.274 e. The summed E-state index contributed by atoms with van der Waals surface area (Å²) >= 11 is 3.24. The van der Waals surface area contributed by atoms with Crippen LogP contribution in [0.25, 0.3) is 0 Å². The van der Waals surface area contributed by atoms with E-state index in [0.29, 0.717) is 16.1 Å². The number of halogens is 1. The van der Waals surface area contributed by atoms with Gasteiger partial charge >= 0.3 is 0 Å². The zero-order valence-corrected chi connectivity index (χ0v) is 13.1. The van der Waals surface area contributed by atoms with E-state index in [2.05, 4.69) is 26.2 Å². The highest BCUT2D eigenvalue weighted by molar-refractivity contribution is 9.10. The molecule has 0 saturated heterocycles. The normalized spacial score (nSPS) is 12.0. The van der Waals surface area contributed by atoms with Gasteiger partial charge in [0.2, 0.25) is 5.88 Å². The Bertz CT molecular complexity index is 664. The first-order valence-corrected chi connectivity index (χ1v) is 7.05. The fourth-order valence-electron chi connectivity index (χ4n) is 1.80. The molecule has 1 N–H and O–H groups in total. The van der Waals surface area contributed by atoms with Crippen LogP contribution in [0, 0.1) is 10.1 Å². The second-order valence-corrected chi connectivity index (χ2v) is 5.33. The number of aromatic nitrogens is 1. The van der Waals surface area contributed by atoms with Crippen molar-refractivity contribution in [2.45, 2.75) is 13.0 Å². The average Bonchev–Trinajstić information content (AvgIpc) is 2.46. The molecule has 21 heavy (non-hydrogen) atoms. The third-order valence-electron chi connectivity index (χ3n) is 2.98. The van der Waals surface area contributed by atoms with E-state index < -0.39 is 4.92 Å². The van der Waals surface area contributed by atoms with Crippen molar-refractivity contribution in [2.75, 3.05) is 7.05 Å². The van der Waals surface area contributed by atoms with Crippen molar-refractivity contribution in [2.24, 2.45) is 0 Å². The van der Waals surface area contributed by atoms with Crippen LogP contribution in [-0.4, -0.2) is 17.0 Å². The first kappa shape index (κ1) is 15.4. The molecule has 0 saturated carbocycles. The van der Waals surface area contributed by atoms with Crippen LogP contribution in [0.5, 0.6) is 11.6 Å². The minimum atomic E-state index is -0.465. The number of nitrogens with zero attached hydrogens (tertiary/aromatic N) is 2. The van der Waals surface area contributed by atoms with Gasteiger partial charge in [0.15, 0.2) is 0 Å². The Balaban J connectivity index is 2.36. The quantitative estimate of drug-likeness (QED) is 0.654. The monoisotopic (exact) mass is 351 g/mol. The van der Waals surface area contributed by atoms with Crippen molar-refractivity contribution < 1.29 is 9.66 Å². The fourth-order valence-corrected chi connectivity index (χ4v) is 2.26. The van der Waals surface area contributed by atoms with Crippen LogP contribution >= 0.6 is 15.9 Å². The van der Waals surface area contributed by atoms with Gasteiger partial charge in [-0.25, -0.2) is 4.98 Å². The first-order valence-electron chi connectivity index (χ1n) is 6.26. The van der Waals surface area contributed by atoms with Gasteiger partial charge in [0.25, 0.3) is 5.69 Å². The standard InChI is InChI=1S/C14H14BrN3O3/c1-9(16-2)13-4-3-5-17-14(13)21-12-7-10(15)6-11(8-12)18(19)20/h3-9,16H,1-2H3. The molecule has 1 heterocycles. The van der Waals surface area contributed by atoms with Crippen LogP contribution < -0.4 is 10.1 Å². The molecule has 110 valence electrons. The van der Waals surface area contributed by atoms with Gasteiger partial charge < -0.3 is 10.1 Å².